The lowest BCUT2D eigenvalue weighted by molar-refractivity contribution is -0.271. The molecule has 0 radical (unpaired) electrons. The number of ether oxygens (including phenoxy) is 3. The Morgan fingerprint density at radius 3 is 2.44 bits per heavy atom. The third kappa shape index (κ3) is 5.56. The van der Waals surface area contributed by atoms with Crippen molar-refractivity contribution in [1.29, 1.82) is 0 Å². The fourth-order valence-electron chi connectivity index (χ4n) is 3.50. The molecule has 1 aliphatic heterocycles. The minimum Gasteiger partial charge on any atom is -0.485 e. The molecule has 1 saturated heterocycles. The number of carboxylic acids is 1. The first-order valence-electron chi connectivity index (χ1n) is 10.4. The molecule has 1 unspecified atom stereocenters. The Labute approximate surface area is 186 Å². The predicted molar refractivity (Wildman–Crippen MR) is 114 cm³/mol. The van der Waals surface area contributed by atoms with Crippen molar-refractivity contribution < 1.29 is 39.4 Å². The number of benzene rings is 2. The van der Waals surface area contributed by atoms with Crippen molar-refractivity contribution in [3.63, 3.8) is 0 Å². The second kappa shape index (κ2) is 10.8. The lowest BCUT2D eigenvalue weighted by Crippen LogP contribution is -2.61. The van der Waals surface area contributed by atoms with Gasteiger partial charge in [-0.15, -0.1) is 0 Å². The van der Waals surface area contributed by atoms with Crippen LogP contribution in [0.1, 0.15) is 23.7 Å². The minimum absolute atomic E-state index is 0.162. The van der Waals surface area contributed by atoms with Gasteiger partial charge in [-0.25, -0.2) is 4.79 Å². The molecule has 9 heteroatoms. The molecular formula is C23H29NO8. The first-order valence-corrected chi connectivity index (χ1v) is 10.4. The zero-order valence-electron chi connectivity index (χ0n) is 17.9. The number of hydrogen-bond donors (Lipinski definition) is 5. The summed E-state index contributed by atoms with van der Waals surface area (Å²) in [7, 11) is 1.88. The number of carboxylic acid groups (broad SMARTS) is 1. The van der Waals surface area contributed by atoms with E-state index in [1.807, 2.05) is 44.3 Å². The van der Waals surface area contributed by atoms with Crippen molar-refractivity contribution in [2.45, 2.75) is 50.2 Å². The summed E-state index contributed by atoms with van der Waals surface area (Å²) in [4.78, 5) is 11.3. The number of aryl methyl sites for hydroxylation is 1. The molecule has 2 aromatic rings. The highest BCUT2D eigenvalue weighted by Gasteiger charge is 2.48. The van der Waals surface area contributed by atoms with Crippen LogP contribution in [-0.2, 0) is 9.53 Å². The molecule has 32 heavy (non-hydrogen) atoms. The smallest absolute Gasteiger partial charge is 0.335 e. The third-order valence-corrected chi connectivity index (χ3v) is 5.31. The number of hydrogen-bond acceptors (Lipinski definition) is 8. The molecule has 9 nitrogen and oxygen atoms in total. The molecule has 0 saturated carbocycles. The Bertz CT molecular complexity index is 893. The number of rotatable bonds is 9. The summed E-state index contributed by atoms with van der Waals surface area (Å²) < 4.78 is 17.0. The van der Waals surface area contributed by atoms with Gasteiger partial charge in [0.1, 0.15) is 35.9 Å². The van der Waals surface area contributed by atoms with Crippen LogP contribution in [0.5, 0.6) is 11.5 Å². The average Bonchev–Trinajstić information content (AvgIpc) is 2.78. The topological polar surface area (TPSA) is 138 Å². The number of carbonyl (C=O) groups is 1. The Hall–Kier alpha value is -2.69. The first kappa shape index (κ1) is 24.0. The van der Waals surface area contributed by atoms with E-state index in [0.717, 1.165) is 24.1 Å². The van der Waals surface area contributed by atoms with Gasteiger partial charge in [0, 0.05) is 6.42 Å². The molecule has 0 aliphatic carbocycles. The molecule has 1 aliphatic rings. The molecule has 1 fully saturated rings. The number of aliphatic hydroxyl groups excluding tert-OH is 3. The van der Waals surface area contributed by atoms with Gasteiger partial charge in [-0.3, -0.25) is 0 Å². The van der Waals surface area contributed by atoms with Gasteiger partial charge >= 0.3 is 5.97 Å². The van der Waals surface area contributed by atoms with Crippen LogP contribution in [0.15, 0.2) is 48.5 Å². The molecule has 0 spiro atoms. The molecule has 3 rings (SSSR count). The van der Waals surface area contributed by atoms with Crippen LogP contribution < -0.4 is 14.8 Å². The summed E-state index contributed by atoms with van der Waals surface area (Å²) in [6.07, 6.45) is -7.71. The second-order valence-electron chi connectivity index (χ2n) is 7.69. The van der Waals surface area contributed by atoms with Gasteiger partial charge in [0.05, 0.1) is 0 Å². The molecule has 6 atom stereocenters. The molecular weight excluding hydrogens is 418 g/mol. The van der Waals surface area contributed by atoms with Crippen molar-refractivity contribution in [3.8, 4) is 11.5 Å². The van der Waals surface area contributed by atoms with Crippen LogP contribution in [-0.4, -0.2) is 70.7 Å². The van der Waals surface area contributed by atoms with E-state index in [1.165, 1.54) is 0 Å². The van der Waals surface area contributed by atoms with Gasteiger partial charge in [0.25, 0.3) is 0 Å². The summed E-state index contributed by atoms with van der Waals surface area (Å²) in [5, 5.41) is 42.2. The molecule has 1 heterocycles. The highest BCUT2D eigenvalue weighted by Crippen LogP contribution is 2.31. The summed E-state index contributed by atoms with van der Waals surface area (Å²) in [6.45, 7) is 2.61. The van der Waals surface area contributed by atoms with E-state index in [9.17, 15) is 20.1 Å². The van der Waals surface area contributed by atoms with Crippen LogP contribution in [0, 0.1) is 6.92 Å². The van der Waals surface area contributed by atoms with Crippen molar-refractivity contribution >= 4 is 5.97 Å². The largest absolute Gasteiger partial charge is 0.485 e. The van der Waals surface area contributed by atoms with Crippen LogP contribution in [0.2, 0.25) is 0 Å². The van der Waals surface area contributed by atoms with Gasteiger partial charge in [-0.2, -0.15) is 0 Å². The van der Waals surface area contributed by atoms with Gasteiger partial charge in [0.2, 0.25) is 6.29 Å². The number of aliphatic carboxylic acids is 1. The first-order chi connectivity index (χ1) is 15.3. The lowest BCUT2D eigenvalue weighted by atomic mass is 9.99. The zero-order valence-corrected chi connectivity index (χ0v) is 17.9. The van der Waals surface area contributed by atoms with Gasteiger partial charge in [0.15, 0.2) is 6.10 Å². The monoisotopic (exact) mass is 447 g/mol. The number of nitrogens with one attached hydrogen (secondary N) is 1. The summed E-state index contributed by atoms with van der Waals surface area (Å²) in [6, 6.07) is 14.9. The summed E-state index contributed by atoms with van der Waals surface area (Å²) >= 11 is 0. The predicted octanol–water partition coefficient (Wildman–Crippen LogP) is 0.996. The van der Waals surface area contributed by atoms with E-state index in [2.05, 4.69) is 5.32 Å². The minimum atomic E-state index is -1.77. The quantitative estimate of drug-likeness (QED) is 0.381. The van der Waals surface area contributed by atoms with E-state index in [-0.39, 0.29) is 11.9 Å². The Morgan fingerprint density at radius 2 is 1.81 bits per heavy atom. The van der Waals surface area contributed by atoms with Crippen LogP contribution in [0.25, 0.3) is 0 Å². The average molecular weight is 447 g/mol. The van der Waals surface area contributed by atoms with E-state index in [1.54, 1.807) is 18.2 Å². The SMILES string of the molecule is CNCC[C@@H](Oc1ccc(O[C@@H]2OC(C(=O)O)[C@@H](O)[C@H](O)[C@@H]2O)cc1C)c1ccccc1. The maximum atomic E-state index is 11.3. The zero-order chi connectivity index (χ0) is 23.3. The van der Waals surface area contributed by atoms with Gasteiger partial charge in [-0.1, -0.05) is 30.3 Å². The van der Waals surface area contributed by atoms with E-state index < -0.39 is 36.7 Å². The van der Waals surface area contributed by atoms with Crippen LogP contribution >= 0.6 is 0 Å². The normalized spacial score (nSPS) is 26.3. The second-order valence-corrected chi connectivity index (χ2v) is 7.69. The highest BCUT2D eigenvalue weighted by atomic mass is 16.7. The molecule has 0 bridgehead atoms. The van der Waals surface area contributed by atoms with Crippen LogP contribution in [0.4, 0.5) is 0 Å². The van der Waals surface area contributed by atoms with Gasteiger partial charge < -0.3 is 40.0 Å². The standard InChI is InChI=1S/C23H29NO8/c1-13-12-15(30-23-20(27)18(25)19(26)21(32-23)22(28)29)8-9-16(13)31-17(10-11-24-2)14-6-4-3-5-7-14/h3-9,12,17-21,23-27H,10-11H2,1-2H3,(H,28,29)/t17-,18+,19+,20+,21?,23-/m1/s1. The molecule has 5 N–H and O–H groups in total. The molecule has 174 valence electrons. The number of aliphatic hydroxyl groups is 3. The Balaban J connectivity index is 1.73. The fourth-order valence-corrected chi connectivity index (χ4v) is 3.50. The van der Waals surface area contributed by atoms with Crippen molar-refractivity contribution in [3.05, 3.63) is 59.7 Å². The lowest BCUT2D eigenvalue weighted by Gasteiger charge is -2.38. The maximum Gasteiger partial charge on any atom is 0.335 e. The van der Waals surface area contributed by atoms with Gasteiger partial charge in [-0.05, 0) is 49.8 Å². The van der Waals surface area contributed by atoms with E-state index in [4.69, 9.17) is 19.3 Å². The molecule has 2 aromatic carbocycles. The van der Waals surface area contributed by atoms with Crippen molar-refractivity contribution in [2.24, 2.45) is 0 Å². The Morgan fingerprint density at radius 1 is 1.09 bits per heavy atom. The maximum absolute atomic E-state index is 11.3. The van der Waals surface area contributed by atoms with E-state index >= 15 is 0 Å². The van der Waals surface area contributed by atoms with Crippen LogP contribution in [0.3, 0.4) is 0 Å². The van der Waals surface area contributed by atoms with E-state index in [0.29, 0.717) is 5.75 Å². The molecule has 0 aromatic heterocycles. The van der Waals surface area contributed by atoms with Crippen molar-refractivity contribution in [1.82, 2.24) is 5.32 Å². The molecule has 0 amide bonds. The summed E-state index contributed by atoms with van der Waals surface area (Å²) in [5.41, 5.74) is 1.81. The highest BCUT2D eigenvalue weighted by molar-refractivity contribution is 5.73. The fraction of sp³-hybridized carbons (Fsp3) is 0.435. The Kier molecular flexibility index (Phi) is 8.05. The van der Waals surface area contributed by atoms with Crippen molar-refractivity contribution in [2.75, 3.05) is 13.6 Å². The summed E-state index contributed by atoms with van der Waals surface area (Å²) in [5.74, 6) is -0.532. The third-order valence-electron chi connectivity index (χ3n) is 5.31.